The molecule has 1 aliphatic carbocycles. The molecule has 7 nitrogen and oxygen atoms in total. The molecule has 2 fully saturated rings. The fourth-order valence-electron chi connectivity index (χ4n) is 3.53. The van der Waals surface area contributed by atoms with Crippen LogP contribution in [-0.4, -0.2) is 43.1 Å². The minimum Gasteiger partial charge on any atom is -0.497 e. The van der Waals surface area contributed by atoms with Gasteiger partial charge in [-0.15, -0.1) is 0 Å². The monoisotopic (exact) mass is 391 g/mol. The summed E-state index contributed by atoms with van der Waals surface area (Å²) < 4.78 is 37.6. The molecule has 1 aromatic carbocycles. The number of piperidine rings is 1. The first kappa shape index (κ1) is 18.4. The summed E-state index contributed by atoms with van der Waals surface area (Å²) in [4.78, 5) is 4.79. The van der Waals surface area contributed by atoms with E-state index in [1.807, 2.05) is 0 Å². The van der Waals surface area contributed by atoms with Crippen LogP contribution < -0.4 is 4.74 Å². The zero-order valence-corrected chi connectivity index (χ0v) is 16.3. The molecule has 0 radical (unpaired) electrons. The Balaban J connectivity index is 1.29. The predicted octanol–water partition coefficient (Wildman–Crippen LogP) is 2.99. The van der Waals surface area contributed by atoms with E-state index in [1.54, 1.807) is 35.7 Å². The van der Waals surface area contributed by atoms with Gasteiger partial charge >= 0.3 is 0 Å². The summed E-state index contributed by atoms with van der Waals surface area (Å²) in [6, 6.07) is 6.57. The largest absolute Gasteiger partial charge is 0.497 e. The molecule has 27 heavy (non-hydrogen) atoms. The van der Waals surface area contributed by atoms with Crippen molar-refractivity contribution in [1.82, 2.24) is 14.4 Å². The average molecular weight is 391 g/mol. The van der Waals surface area contributed by atoms with Gasteiger partial charge in [-0.25, -0.2) is 8.42 Å². The molecule has 0 bridgehead atoms. The third-order valence-electron chi connectivity index (χ3n) is 5.46. The normalized spacial score (nSPS) is 19.3. The highest BCUT2D eigenvalue weighted by atomic mass is 32.2. The van der Waals surface area contributed by atoms with Crippen molar-refractivity contribution in [2.45, 2.75) is 49.3 Å². The number of hydrogen-bond acceptors (Lipinski definition) is 6. The van der Waals surface area contributed by atoms with Gasteiger partial charge in [0, 0.05) is 25.4 Å². The number of ether oxygens (including phenoxy) is 1. The van der Waals surface area contributed by atoms with E-state index in [1.165, 1.54) is 0 Å². The Hall–Kier alpha value is -1.93. The van der Waals surface area contributed by atoms with E-state index in [4.69, 9.17) is 9.26 Å². The second kappa shape index (κ2) is 7.59. The maximum Gasteiger partial charge on any atom is 0.243 e. The fourth-order valence-corrected chi connectivity index (χ4v) is 5.00. The van der Waals surface area contributed by atoms with Crippen LogP contribution in [0.25, 0.3) is 0 Å². The molecule has 2 aromatic rings. The number of benzene rings is 1. The van der Waals surface area contributed by atoms with Crippen molar-refractivity contribution >= 4 is 10.0 Å². The standard InChI is InChI=1S/C19H25N3O4S/c1-25-16-5-7-17(8-6-16)27(23,24)22-12-10-14(11-13-22)2-9-18-20-19(26-21-18)15-3-4-15/h5-8,14-15H,2-4,9-13H2,1H3. The highest BCUT2D eigenvalue weighted by molar-refractivity contribution is 7.89. The van der Waals surface area contributed by atoms with E-state index in [9.17, 15) is 8.42 Å². The van der Waals surface area contributed by atoms with Crippen molar-refractivity contribution in [3.8, 4) is 5.75 Å². The second-order valence-corrected chi connectivity index (χ2v) is 9.32. The van der Waals surface area contributed by atoms with Gasteiger partial charge in [-0.3, -0.25) is 0 Å². The summed E-state index contributed by atoms with van der Waals surface area (Å²) in [5.41, 5.74) is 0. The molecule has 0 atom stereocenters. The molecule has 1 aromatic heterocycles. The van der Waals surface area contributed by atoms with Crippen LogP contribution in [-0.2, 0) is 16.4 Å². The first-order valence-corrected chi connectivity index (χ1v) is 11.0. The van der Waals surface area contributed by atoms with Crippen molar-refractivity contribution in [3.63, 3.8) is 0 Å². The van der Waals surface area contributed by atoms with E-state index in [2.05, 4.69) is 10.1 Å². The van der Waals surface area contributed by atoms with Gasteiger partial charge in [0.25, 0.3) is 0 Å². The lowest BCUT2D eigenvalue weighted by Crippen LogP contribution is -2.38. The van der Waals surface area contributed by atoms with Crippen LogP contribution in [0.3, 0.4) is 0 Å². The molecular formula is C19H25N3O4S. The molecule has 1 saturated carbocycles. The maximum atomic E-state index is 12.8. The van der Waals surface area contributed by atoms with E-state index in [0.717, 1.165) is 50.2 Å². The average Bonchev–Trinajstić information content (AvgIpc) is 3.45. The molecule has 0 amide bonds. The highest BCUT2D eigenvalue weighted by Crippen LogP contribution is 2.39. The van der Waals surface area contributed by atoms with Gasteiger partial charge in [0.05, 0.1) is 12.0 Å². The summed E-state index contributed by atoms with van der Waals surface area (Å²) >= 11 is 0. The second-order valence-electron chi connectivity index (χ2n) is 7.38. The SMILES string of the molecule is COc1ccc(S(=O)(=O)N2CCC(CCc3noc(C4CC4)n3)CC2)cc1. The number of hydrogen-bond donors (Lipinski definition) is 0. The summed E-state index contributed by atoms with van der Waals surface area (Å²) in [5.74, 6) is 3.20. The number of aromatic nitrogens is 2. The summed E-state index contributed by atoms with van der Waals surface area (Å²) in [5, 5.41) is 4.07. The quantitative estimate of drug-likeness (QED) is 0.721. The summed E-state index contributed by atoms with van der Waals surface area (Å²) in [6.45, 7) is 1.11. The Bertz CT molecular complexity index is 867. The van der Waals surface area contributed by atoms with Crippen LogP contribution in [0.1, 0.15) is 49.7 Å². The van der Waals surface area contributed by atoms with Gasteiger partial charge in [-0.05, 0) is 62.3 Å². The van der Waals surface area contributed by atoms with Crippen molar-refractivity contribution in [1.29, 1.82) is 0 Å². The zero-order valence-electron chi connectivity index (χ0n) is 15.5. The minimum atomic E-state index is -3.44. The highest BCUT2D eigenvalue weighted by Gasteiger charge is 2.31. The first-order chi connectivity index (χ1) is 13.1. The number of rotatable bonds is 7. The lowest BCUT2D eigenvalue weighted by atomic mass is 9.93. The summed E-state index contributed by atoms with van der Waals surface area (Å²) in [7, 11) is -1.87. The number of aryl methyl sites for hydroxylation is 1. The van der Waals surface area contributed by atoms with Crippen molar-refractivity contribution < 1.29 is 17.7 Å². The predicted molar refractivity (Wildman–Crippen MR) is 99.1 cm³/mol. The Labute approximate surface area is 159 Å². The lowest BCUT2D eigenvalue weighted by Gasteiger charge is -2.31. The van der Waals surface area contributed by atoms with Crippen LogP contribution in [0.2, 0.25) is 0 Å². The number of methoxy groups -OCH3 is 1. The fraction of sp³-hybridized carbons (Fsp3) is 0.579. The van der Waals surface area contributed by atoms with Crippen LogP contribution in [0.5, 0.6) is 5.75 Å². The maximum absolute atomic E-state index is 12.8. The van der Waals surface area contributed by atoms with Crippen molar-refractivity contribution in [2.75, 3.05) is 20.2 Å². The third-order valence-corrected chi connectivity index (χ3v) is 7.37. The smallest absolute Gasteiger partial charge is 0.243 e. The molecule has 0 spiro atoms. The molecule has 2 aliphatic rings. The van der Waals surface area contributed by atoms with E-state index >= 15 is 0 Å². The minimum absolute atomic E-state index is 0.321. The Morgan fingerprint density at radius 2 is 1.85 bits per heavy atom. The molecule has 0 unspecified atom stereocenters. The molecule has 1 aliphatic heterocycles. The van der Waals surface area contributed by atoms with Crippen LogP contribution in [0.4, 0.5) is 0 Å². The molecule has 0 N–H and O–H groups in total. The lowest BCUT2D eigenvalue weighted by molar-refractivity contribution is 0.262. The molecule has 2 heterocycles. The van der Waals surface area contributed by atoms with E-state index in [0.29, 0.717) is 35.6 Å². The third kappa shape index (κ3) is 4.16. The molecule has 1 saturated heterocycles. The summed E-state index contributed by atoms with van der Waals surface area (Å²) in [6.07, 6.45) is 5.81. The van der Waals surface area contributed by atoms with E-state index in [-0.39, 0.29) is 0 Å². The van der Waals surface area contributed by atoms with Crippen LogP contribution in [0, 0.1) is 5.92 Å². The zero-order chi connectivity index (χ0) is 18.9. The number of nitrogens with zero attached hydrogens (tertiary/aromatic N) is 3. The van der Waals surface area contributed by atoms with Crippen LogP contribution >= 0.6 is 0 Å². The van der Waals surface area contributed by atoms with Crippen molar-refractivity contribution in [2.24, 2.45) is 5.92 Å². The van der Waals surface area contributed by atoms with Crippen molar-refractivity contribution in [3.05, 3.63) is 36.0 Å². The number of sulfonamides is 1. The molecule has 146 valence electrons. The molecule has 4 rings (SSSR count). The van der Waals surface area contributed by atoms with Gasteiger partial charge in [0.15, 0.2) is 5.82 Å². The Morgan fingerprint density at radius 3 is 2.48 bits per heavy atom. The molecular weight excluding hydrogens is 366 g/mol. The van der Waals surface area contributed by atoms with Gasteiger partial charge in [-0.2, -0.15) is 9.29 Å². The topological polar surface area (TPSA) is 85.5 Å². The Kier molecular flexibility index (Phi) is 5.19. The molecule has 8 heteroatoms. The van der Waals surface area contributed by atoms with E-state index < -0.39 is 10.0 Å². The first-order valence-electron chi connectivity index (χ1n) is 9.53. The van der Waals surface area contributed by atoms with Crippen LogP contribution in [0.15, 0.2) is 33.7 Å². The van der Waals surface area contributed by atoms with Gasteiger partial charge in [0.2, 0.25) is 15.9 Å². The van der Waals surface area contributed by atoms with Gasteiger partial charge < -0.3 is 9.26 Å². The van der Waals surface area contributed by atoms with Gasteiger partial charge in [0.1, 0.15) is 5.75 Å². The van der Waals surface area contributed by atoms with Gasteiger partial charge in [-0.1, -0.05) is 5.16 Å². The Morgan fingerprint density at radius 1 is 1.15 bits per heavy atom.